The zero-order valence-corrected chi connectivity index (χ0v) is 20.8. The van der Waals surface area contributed by atoms with Crippen LogP contribution in [0.2, 0.25) is 0 Å². The van der Waals surface area contributed by atoms with Crippen LogP contribution in [0.5, 0.6) is 5.75 Å². The van der Waals surface area contributed by atoms with E-state index in [0.29, 0.717) is 23.7 Å². The lowest BCUT2D eigenvalue weighted by molar-refractivity contribution is 0.306. The summed E-state index contributed by atoms with van der Waals surface area (Å²) in [5, 5.41) is -0.486. The number of benzene rings is 3. The molecule has 2 aromatic heterocycles. The Hall–Kier alpha value is -4.57. The van der Waals surface area contributed by atoms with Gasteiger partial charge in [0.1, 0.15) is 17.7 Å². The van der Waals surface area contributed by atoms with Crippen LogP contribution in [0.4, 0.5) is 0 Å². The Labute approximate surface area is 212 Å². The number of ether oxygens (including phenoxy) is 1. The third-order valence-electron chi connectivity index (χ3n) is 5.74. The number of nitrogens with zero attached hydrogens (tertiary/aromatic N) is 4. The zero-order valence-electron chi connectivity index (χ0n) is 20.0. The lowest BCUT2D eigenvalue weighted by atomic mass is 10.2. The van der Waals surface area contributed by atoms with E-state index >= 15 is 0 Å². The summed E-state index contributed by atoms with van der Waals surface area (Å²) >= 11 is 0. The lowest BCUT2D eigenvalue weighted by Gasteiger charge is -2.14. The maximum absolute atomic E-state index is 13.7. The van der Waals surface area contributed by atoms with Crippen LogP contribution >= 0.6 is 0 Å². The molecular formula is C27H22N4O5S. The van der Waals surface area contributed by atoms with Gasteiger partial charge in [0.2, 0.25) is 15.0 Å². The van der Waals surface area contributed by atoms with Crippen molar-refractivity contribution in [1.29, 1.82) is 0 Å². The molecule has 5 aromatic rings. The Morgan fingerprint density at radius 2 is 1.46 bits per heavy atom. The van der Waals surface area contributed by atoms with Crippen LogP contribution in [-0.4, -0.2) is 33.8 Å². The lowest BCUT2D eigenvalue weighted by Crippen LogP contribution is -2.39. The van der Waals surface area contributed by atoms with Gasteiger partial charge in [-0.05, 0) is 48.9 Å². The molecule has 0 unspecified atom stereocenters. The van der Waals surface area contributed by atoms with Crippen molar-refractivity contribution in [2.24, 2.45) is 0 Å². The molecule has 0 saturated carbocycles. The van der Waals surface area contributed by atoms with Crippen molar-refractivity contribution in [3.8, 4) is 17.1 Å². The van der Waals surface area contributed by atoms with Gasteiger partial charge >= 0.3 is 5.69 Å². The molecule has 0 saturated heterocycles. The number of aromatic nitrogens is 4. The molecular weight excluding hydrogens is 492 g/mol. The van der Waals surface area contributed by atoms with Crippen LogP contribution in [0.3, 0.4) is 0 Å². The summed E-state index contributed by atoms with van der Waals surface area (Å²) in [4.78, 5) is 35.1. The Bertz CT molecular complexity index is 1830. The maximum atomic E-state index is 13.7. The minimum absolute atomic E-state index is 0.00280. The zero-order chi connectivity index (χ0) is 26.2. The van der Waals surface area contributed by atoms with Crippen LogP contribution in [0.15, 0.2) is 99.8 Å². The van der Waals surface area contributed by atoms with Crippen LogP contribution in [0.25, 0.3) is 22.4 Å². The Morgan fingerprint density at radius 1 is 0.838 bits per heavy atom. The van der Waals surface area contributed by atoms with Gasteiger partial charge in [-0.3, -0.25) is 4.79 Å². The van der Waals surface area contributed by atoms with Crippen molar-refractivity contribution < 1.29 is 13.2 Å². The van der Waals surface area contributed by atoms with E-state index in [1.807, 2.05) is 37.3 Å². The molecule has 0 radical (unpaired) electrons. The first-order valence-electron chi connectivity index (χ1n) is 11.3. The van der Waals surface area contributed by atoms with E-state index < -0.39 is 26.2 Å². The summed E-state index contributed by atoms with van der Waals surface area (Å²) < 4.78 is 32.3. The first-order chi connectivity index (χ1) is 17.7. The third kappa shape index (κ3) is 4.78. The first-order valence-corrected chi connectivity index (χ1v) is 13.2. The average molecular weight is 515 g/mol. The largest absolute Gasteiger partial charge is 0.489 e. The number of sulfone groups is 1. The minimum atomic E-state index is -3.79. The van der Waals surface area contributed by atoms with Crippen LogP contribution < -0.4 is 16.0 Å². The van der Waals surface area contributed by atoms with E-state index in [0.717, 1.165) is 28.1 Å². The van der Waals surface area contributed by atoms with E-state index in [9.17, 15) is 18.0 Å². The van der Waals surface area contributed by atoms with E-state index in [-0.39, 0.29) is 11.0 Å². The maximum Gasteiger partial charge on any atom is 0.341 e. The van der Waals surface area contributed by atoms with E-state index in [1.54, 1.807) is 48.5 Å². The number of hydrogen-bond donors (Lipinski definition) is 0. The fourth-order valence-electron chi connectivity index (χ4n) is 3.84. The second kappa shape index (κ2) is 9.47. The van der Waals surface area contributed by atoms with Gasteiger partial charge in [0.15, 0.2) is 5.65 Å². The van der Waals surface area contributed by atoms with Crippen molar-refractivity contribution in [3.63, 3.8) is 0 Å². The van der Waals surface area contributed by atoms with Crippen molar-refractivity contribution in [1.82, 2.24) is 19.1 Å². The van der Waals surface area contributed by atoms with E-state index in [2.05, 4.69) is 9.97 Å². The number of hydrogen-bond acceptors (Lipinski definition) is 7. The minimum Gasteiger partial charge on any atom is -0.489 e. The Balaban J connectivity index is 1.68. The van der Waals surface area contributed by atoms with E-state index in [4.69, 9.17) is 4.74 Å². The summed E-state index contributed by atoms with van der Waals surface area (Å²) in [7, 11) is -3.79. The first kappa shape index (κ1) is 24.1. The molecule has 37 heavy (non-hydrogen) atoms. The molecule has 0 bridgehead atoms. The highest BCUT2D eigenvalue weighted by Crippen LogP contribution is 2.19. The molecule has 2 heterocycles. The standard InChI is InChI=1S/C27H22N4O5S/c1-18-8-10-21(11-9-18)31-25(32)23-16-28-26(37(2,34)35)29-24(23)30(27(31)33)20-12-14-22(15-13-20)36-17-19-6-4-3-5-7-19/h3-16H,17H2,1-2H3. The fraction of sp³-hybridized carbons (Fsp3) is 0.111. The predicted molar refractivity (Wildman–Crippen MR) is 139 cm³/mol. The van der Waals surface area contributed by atoms with Crippen LogP contribution in [-0.2, 0) is 16.4 Å². The molecule has 0 spiro atoms. The third-order valence-corrected chi connectivity index (χ3v) is 6.60. The normalized spacial score (nSPS) is 11.5. The highest BCUT2D eigenvalue weighted by Gasteiger charge is 2.20. The number of rotatable bonds is 6. The quantitative estimate of drug-likeness (QED) is 0.320. The van der Waals surface area contributed by atoms with Crippen molar-refractivity contribution in [2.75, 3.05) is 6.26 Å². The molecule has 0 N–H and O–H groups in total. The molecule has 10 heteroatoms. The molecule has 0 aliphatic heterocycles. The van der Waals surface area contributed by atoms with Crippen molar-refractivity contribution >= 4 is 20.9 Å². The molecule has 186 valence electrons. The Kier molecular flexibility index (Phi) is 6.18. The summed E-state index contributed by atoms with van der Waals surface area (Å²) in [5.74, 6) is 0.572. The van der Waals surface area contributed by atoms with E-state index in [1.165, 1.54) is 4.57 Å². The summed E-state index contributed by atoms with van der Waals surface area (Å²) in [6.45, 7) is 2.26. The summed E-state index contributed by atoms with van der Waals surface area (Å²) in [6.07, 6.45) is 2.10. The molecule has 9 nitrogen and oxygen atoms in total. The second-order valence-corrected chi connectivity index (χ2v) is 10.4. The summed E-state index contributed by atoms with van der Waals surface area (Å²) in [5.41, 5.74) is 1.26. The van der Waals surface area contributed by atoms with Gasteiger partial charge in [-0.1, -0.05) is 48.0 Å². The van der Waals surface area contributed by atoms with Gasteiger partial charge in [-0.2, -0.15) is 4.98 Å². The Morgan fingerprint density at radius 3 is 2.11 bits per heavy atom. The van der Waals surface area contributed by atoms with Gasteiger partial charge in [0.05, 0.1) is 11.4 Å². The SMILES string of the molecule is Cc1ccc(-n2c(=O)c3cnc(S(C)(=O)=O)nc3n(-c3ccc(OCc4ccccc4)cc3)c2=O)cc1. The topological polar surface area (TPSA) is 113 Å². The van der Waals surface area contributed by atoms with Crippen LogP contribution in [0, 0.1) is 6.92 Å². The molecule has 0 aliphatic rings. The predicted octanol–water partition coefficient (Wildman–Crippen LogP) is 3.22. The smallest absolute Gasteiger partial charge is 0.341 e. The average Bonchev–Trinajstić information content (AvgIpc) is 2.89. The van der Waals surface area contributed by atoms with Gasteiger partial charge in [0, 0.05) is 12.5 Å². The van der Waals surface area contributed by atoms with Gasteiger partial charge in [-0.25, -0.2) is 27.3 Å². The number of fused-ring (bicyclic) bond motifs is 1. The van der Waals surface area contributed by atoms with Crippen molar-refractivity contribution in [3.05, 3.63) is 117 Å². The van der Waals surface area contributed by atoms with Gasteiger partial charge in [0.25, 0.3) is 5.56 Å². The van der Waals surface area contributed by atoms with Crippen LogP contribution in [0.1, 0.15) is 11.1 Å². The summed E-state index contributed by atoms with van der Waals surface area (Å²) in [6, 6.07) is 23.3. The monoisotopic (exact) mass is 514 g/mol. The van der Waals surface area contributed by atoms with Gasteiger partial charge < -0.3 is 4.74 Å². The highest BCUT2D eigenvalue weighted by molar-refractivity contribution is 7.90. The molecule has 3 aromatic carbocycles. The number of aryl methyl sites for hydroxylation is 1. The molecule has 0 fully saturated rings. The van der Waals surface area contributed by atoms with Gasteiger partial charge in [-0.15, -0.1) is 0 Å². The molecule has 0 amide bonds. The fourth-order valence-corrected chi connectivity index (χ4v) is 4.34. The molecule has 5 rings (SSSR count). The highest BCUT2D eigenvalue weighted by atomic mass is 32.2. The second-order valence-electron chi connectivity index (χ2n) is 8.52. The molecule has 0 aliphatic carbocycles. The molecule has 0 atom stereocenters. The van der Waals surface area contributed by atoms with Crippen molar-refractivity contribution in [2.45, 2.75) is 18.7 Å².